The van der Waals surface area contributed by atoms with Crippen LogP contribution in [0.1, 0.15) is 46.5 Å². The van der Waals surface area contributed by atoms with E-state index < -0.39 is 0 Å². The van der Waals surface area contributed by atoms with Crippen molar-refractivity contribution in [3.8, 4) is 0 Å². The monoisotopic (exact) mass is 152 g/mol. The Labute approximate surface area is 70.4 Å². The van der Waals surface area contributed by atoms with Crippen molar-refractivity contribution in [3.05, 3.63) is 0 Å². The van der Waals surface area contributed by atoms with Crippen LogP contribution < -0.4 is 0 Å². The first-order valence-corrected chi connectivity index (χ1v) is 5.07. The lowest BCUT2D eigenvalue weighted by Crippen LogP contribution is -2.25. The predicted octanol–water partition coefficient (Wildman–Crippen LogP) is 3.47. The summed E-state index contributed by atoms with van der Waals surface area (Å²) < 4.78 is 0. The van der Waals surface area contributed by atoms with E-state index in [0.29, 0.717) is 5.41 Å². The summed E-state index contributed by atoms with van der Waals surface area (Å²) in [5.74, 6) is 3.26. The standard InChI is InChI=1S/C11H20/c1-11(2,3)10-7-8-4-5-9(10)6-8/h8-10H,4-7H2,1-3H3/t8-,9+,10?/m1/s1. The molecule has 0 spiro atoms. The summed E-state index contributed by atoms with van der Waals surface area (Å²) in [7, 11) is 0. The van der Waals surface area contributed by atoms with Crippen LogP contribution in [-0.4, -0.2) is 0 Å². The van der Waals surface area contributed by atoms with E-state index >= 15 is 0 Å². The summed E-state index contributed by atoms with van der Waals surface area (Å²) in [4.78, 5) is 0. The second-order valence-electron chi connectivity index (χ2n) is 5.65. The molecule has 2 aliphatic carbocycles. The van der Waals surface area contributed by atoms with Gasteiger partial charge in [0.2, 0.25) is 0 Å². The number of hydrogen-bond acceptors (Lipinski definition) is 0. The van der Waals surface area contributed by atoms with Gasteiger partial charge in [0.05, 0.1) is 0 Å². The minimum Gasteiger partial charge on any atom is -0.0599 e. The molecule has 0 N–H and O–H groups in total. The minimum atomic E-state index is 0.583. The second-order valence-corrected chi connectivity index (χ2v) is 5.65. The van der Waals surface area contributed by atoms with Gasteiger partial charge in [-0.3, -0.25) is 0 Å². The zero-order valence-electron chi connectivity index (χ0n) is 8.06. The lowest BCUT2D eigenvalue weighted by atomic mass is 9.72. The summed E-state index contributed by atoms with van der Waals surface area (Å²) in [5, 5.41) is 0. The highest BCUT2D eigenvalue weighted by Crippen LogP contribution is 2.54. The van der Waals surface area contributed by atoms with Gasteiger partial charge in [-0.2, -0.15) is 0 Å². The Bertz CT molecular complexity index is 152. The van der Waals surface area contributed by atoms with E-state index in [0.717, 1.165) is 17.8 Å². The molecule has 2 saturated carbocycles. The molecule has 3 atom stereocenters. The van der Waals surface area contributed by atoms with Gasteiger partial charge in [-0.15, -0.1) is 0 Å². The largest absolute Gasteiger partial charge is 0.0599 e. The lowest BCUT2D eigenvalue weighted by Gasteiger charge is -2.34. The van der Waals surface area contributed by atoms with Crippen LogP contribution in [0.2, 0.25) is 0 Å². The molecule has 0 nitrogen and oxygen atoms in total. The van der Waals surface area contributed by atoms with E-state index in [1.807, 2.05) is 0 Å². The van der Waals surface area contributed by atoms with Crippen molar-refractivity contribution < 1.29 is 0 Å². The molecule has 0 heteroatoms. The molecule has 0 aromatic heterocycles. The Hall–Kier alpha value is 0. The molecule has 2 aliphatic rings. The fraction of sp³-hybridized carbons (Fsp3) is 1.00. The first kappa shape index (κ1) is 7.64. The highest BCUT2D eigenvalue weighted by molar-refractivity contribution is 4.94. The summed E-state index contributed by atoms with van der Waals surface area (Å²) >= 11 is 0. The van der Waals surface area contributed by atoms with Crippen LogP contribution >= 0.6 is 0 Å². The SMILES string of the molecule is CC(C)(C)C1C[C@@H]2CC[C@H]1C2. The lowest BCUT2D eigenvalue weighted by molar-refractivity contribution is 0.161. The van der Waals surface area contributed by atoms with Gasteiger partial charge in [0.1, 0.15) is 0 Å². The van der Waals surface area contributed by atoms with E-state index in [1.54, 1.807) is 6.42 Å². The van der Waals surface area contributed by atoms with E-state index in [4.69, 9.17) is 0 Å². The molecule has 11 heavy (non-hydrogen) atoms. The second kappa shape index (κ2) is 2.24. The average molecular weight is 152 g/mol. The zero-order chi connectivity index (χ0) is 8.06. The van der Waals surface area contributed by atoms with Crippen LogP contribution in [0.25, 0.3) is 0 Å². The van der Waals surface area contributed by atoms with Crippen LogP contribution in [0.5, 0.6) is 0 Å². The maximum Gasteiger partial charge on any atom is -0.0334 e. The van der Waals surface area contributed by atoms with Gasteiger partial charge in [-0.05, 0) is 42.4 Å². The van der Waals surface area contributed by atoms with Gasteiger partial charge >= 0.3 is 0 Å². The Balaban J connectivity index is 2.08. The van der Waals surface area contributed by atoms with Gasteiger partial charge in [0.15, 0.2) is 0 Å². The molecule has 0 saturated heterocycles. The molecule has 0 radical (unpaired) electrons. The number of hydrogen-bond donors (Lipinski definition) is 0. The van der Waals surface area contributed by atoms with Crippen LogP contribution in [-0.2, 0) is 0 Å². The fourth-order valence-electron chi connectivity index (χ4n) is 3.31. The highest BCUT2D eigenvalue weighted by Gasteiger charge is 2.44. The van der Waals surface area contributed by atoms with Crippen molar-refractivity contribution in [2.45, 2.75) is 46.5 Å². The molecule has 0 aromatic rings. The Kier molecular flexibility index (Phi) is 1.56. The third kappa shape index (κ3) is 1.21. The smallest absolute Gasteiger partial charge is 0.0334 e. The van der Waals surface area contributed by atoms with Crippen LogP contribution in [0.4, 0.5) is 0 Å². The average Bonchev–Trinajstić information content (AvgIpc) is 2.42. The normalized spacial score (nSPS) is 43.4. The molecular formula is C11H20. The van der Waals surface area contributed by atoms with Crippen LogP contribution in [0.15, 0.2) is 0 Å². The van der Waals surface area contributed by atoms with Crippen molar-refractivity contribution in [1.29, 1.82) is 0 Å². The number of fused-ring (bicyclic) bond motifs is 2. The summed E-state index contributed by atoms with van der Waals surface area (Å²) in [5.41, 5.74) is 0.583. The number of rotatable bonds is 0. The first-order chi connectivity index (χ1) is 5.07. The summed E-state index contributed by atoms with van der Waals surface area (Å²) in [6, 6.07) is 0. The highest BCUT2D eigenvalue weighted by atomic mass is 14.5. The maximum atomic E-state index is 2.42. The molecule has 64 valence electrons. The van der Waals surface area contributed by atoms with Crippen LogP contribution in [0.3, 0.4) is 0 Å². The molecule has 2 fully saturated rings. The molecular weight excluding hydrogens is 132 g/mol. The molecule has 0 amide bonds. The predicted molar refractivity (Wildman–Crippen MR) is 48.4 cm³/mol. The van der Waals surface area contributed by atoms with E-state index in [2.05, 4.69) is 20.8 Å². The van der Waals surface area contributed by atoms with Gasteiger partial charge in [0.25, 0.3) is 0 Å². The molecule has 0 aliphatic heterocycles. The molecule has 0 aromatic carbocycles. The van der Waals surface area contributed by atoms with Crippen molar-refractivity contribution >= 4 is 0 Å². The third-order valence-electron chi connectivity index (χ3n) is 3.85. The van der Waals surface area contributed by atoms with Crippen molar-refractivity contribution in [2.24, 2.45) is 23.2 Å². The Morgan fingerprint density at radius 1 is 1.00 bits per heavy atom. The molecule has 2 rings (SSSR count). The first-order valence-electron chi connectivity index (χ1n) is 5.07. The summed E-state index contributed by atoms with van der Waals surface area (Å²) in [6.07, 6.45) is 6.17. The van der Waals surface area contributed by atoms with Crippen molar-refractivity contribution in [3.63, 3.8) is 0 Å². The van der Waals surface area contributed by atoms with Crippen LogP contribution in [0, 0.1) is 23.2 Å². The van der Waals surface area contributed by atoms with E-state index in [1.165, 1.54) is 19.3 Å². The van der Waals surface area contributed by atoms with Crippen molar-refractivity contribution in [2.75, 3.05) is 0 Å². The van der Waals surface area contributed by atoms with Gasteiger partial charge in [-0.1, -0.05) is 27.2 Å². The molecule has 2 bridgehead atoms. The van der Waals surface area contributed by atoms with Crippen molar-refractivity contribution in [1.82, 2.24) is 0 Å². The Morgan fingerprint density at radius 2 is 1.73 bits per heavy atom. The Morgan fingerprint density at radius 3 is 2.00 bits per heavy atom. The van der Waals surface area contributed by atoms with Gasteiger partial charge < -0.3 is 0 Å². The maximum absolute atomic E-state index is 2.42. The molecule has 0 heterocycles. The minimum absolute atomic E-state index is 0.583. The summed E-state index contributed by atoms with van der Waals surface area (Å²) in [6.45, 7) is 7.25. The van der Waals surface area contributed by atoms with E-state index in [-0.39, 0.29) is 0 Å². The van der Waals surface area contributed by atoms with Gasteiger partial charge in [0, 0.05) is 0 Å². The van der Waals surface area contributed by atoms with Gasteiger partial charge in [-0.25, -0.2) is 0 Å². The van der Waals surface area contributed by atoms with E-state index in [9.17, 15) is 0 Å². The third-order valence-corrected chi connectivity index (χ3v) is 3.85. The molecule has 1 unspecified atom stereocenters. The topological polar surface area (TPSA) is 0 Å². The zero-order valence-corrected chi connectivity index (χ0v) is 8.06. The fourth-order valence-corrected chi connectivity index (χ4v) is 3.31. The quantitative estimate of drug-likeness (QED) is 0.498.